The van der Waals surface area contributed by atoms with Crippen molar-refractivity contribution in [2.24, 2.45) is 10.9 Å². The Morgan fingerprint density at radius 2 is 2.00 bits per heavy atom. The highest BCUT2D eigenvalue weighted by atomic mass is 32.2. The summed E-state index contributed by atoms with van der Waals surface area (Å²) in [5.41, 5.74) is 0. The molecule has 1 unspecified atom stereocenters. The van der Waals surface area contributed by atoms with Gasteiger partial charge in [-0.2, -0.15) is 0 Å². The van der Waals surface area contributed by atoms with E-state index in [4.69, 9.17) is 0 Å². The van der Waals surface area contributed by atoms with Gasteiger partial charge in [0, 0.05) is 29.6 Å². The number of aliphatic hydroxyl groups excluding tert-OH is 2. The molecule has 1 aromatic heterocycles. The molecule has 0 radical (unpaired) electrons. The van der Waals surface area contributed by atoms with Crippen molar-refractivity contribution in [1.29, 1.82) is 0 Å². The van der Waals surface area contributed by atoms with Gasteiger partial charge in [-0.15, -0.1) is 11.3 Å². The molecule has 5 N–H and O–H groups in total. The third-order valence-corrected chi connectivity index (χ3v) is 8.64. The first-order valence-electron chi connectivity index (χ1n) is 12.1. The van der Waals surface area contributed by atoms with Crippen LogP contribution in [0.5, 0.6) is 0 Å². The summed E-state index contributed by atoms with van der Waals surface area (Å²) in [5.74, 6) is -0.841. The highest BCUT2D eigenvalue weighted by Crippen LogP contribution is 2.29. The van der Waals surface area contributed by atoms with Crippen LogP contribution in [0.15, 0.2) is 22.5 Å². The summed E-state index contributed by atoms with van der Waals surface area (Å²) in [6, 6.07) is 3.42. The minimum absolute atomic E-state index is 0.0126. The number of aliphatic imine (C=N–C) groups is 1. The summed E-state index contributed by atoms with van der Waals surface area (Å²) >= 11 is 3.03. The minimum atomic E-state index is -1.84. The first-order chi connectivity index (χ1) is 16.9. The van der Waals surface area contributed by atoms with Crippen molar-refractivity contribution in [2.45, 2.75) is 56.4 Å². The Kier molecular flexibility index (Phi) is 9.17. The summed E-state index contributed by atoms with van der Waals surface area (Å²) in [7, 11) is 0. The van der Waals surface area contributed by atoms with E-state index in [2.05, 4.69) is 20.9 Å². The molecule has 3 amide bonds. The molecule has 2 fully saturated rings. The molecule has 2 saturated heterocycles. The number of aliphatic hydroxyl groups is 2. The first-order valence-corrected chi connectivity index (χ1v) is 14.0. The topological polar surface area (TPSA) is 143 Å². The standard InChI is InChI=1S/C23H33N5O5S2/c29-18(21(32)25-10-7-15-3-2-12-34-15)19(30)22(33)28-11-1-4-17(28)16-13-35-23(26-16)27-20(31)14-5-8-24-9-6-14/h2-3,12,14,16-19,24,29-30H,1,4-11,13H2,(H,25,32)(H,26,27,31)/t16?,17-,18-,19-/m1/s1. The molecule has 1 aromatic rings. The summed E-state index contributed by atoms with van der Waals surface area (Å²) in [6.45, 7) is 2.41. The number of carbonyl (C=O) groups is 3. The largest absolute Gasteiger partial charge is 0.380 e. The molecule has 0 bridgehead atoms. The molecular weight excluding hydrogens is 490 g/mol. The zero-order valence-electron chi connectivity index (χ0n) is 19.5. The van der Waals surface area contributed by atoms with Gasteiger partial charge in [0.2, 0.25) is 5.91 Å². The lowest BCUT2D eigenvalue weighted by molar-refractivity contribution is -0.153. The zero-order chi connectivity index (χ0) is 24.8. The Bertz CT molecular complexity index is 921. The van der Waals surface area contributed by atoms with Gasteiger partial charge in [0.05, 0.1) is 12.1 Å². The molecule has 10 nitrogen and oxygen atoms in total. The van der Waals surface area contributed by atoms with Crippen molar-refractivity contribution in [2.75, 3.05) is 31.9 Å². The number of nitrogens with zero attached hydrogens (tertiary/aromatic N) is 2. The van der Waals surface area contributed by atoms with Gasteiger partial charge in [-0.25, -0.2) is 0 Å². The van der Waals surface area contributed by atoms with E-state index in [9.17, 15) is 24.6 Å². The molecule has 0 aliphatic carbocycles. The van der Waals surface area contributed by atoms with Crippen LogP contribution in [0.3, 0.4) is 0 Å². The molecule has 35 heavy (non-hydrogen) atoms. The number of piperidine rings is 1. The number of hydrogen-bond donors (Lipinski definition) is 5. The highest BCUT2D eigenvalue weighted by Gasteiger charge is 2.42. The molecule has 192 valence electrons. The SMILES string of the molecule is O=C(NC1=NC([C@H]2CCCN2C(=O)[C@H](O)[C@@H](O)C(=O)NCCc2cccs2)CS1)C1CCNCC1. The Morgan fingerprint density at radius 1 is 1.20 bits per heavy atom. The number of rotatable bonds is 8. The molecular formula is C23H33N5O5S2. The lowest BCUT2D eigenvalue weighted by Crippen LogP contribution is -2.53. The second-order valence-electron chi connectivity index (χ2n) is 9.08. The fraction of sp³-hybridized carbons (Fsp3) is 0.652. The van der Waals surface area contributed by atoms with Crippen LogP contribution in [0.25, 0.3) is 0 Å². The molecule has 3 aliphatic heterocycles. The van der Waals surface area contributed by atoms with Crippen LogP contribution < -0.4 is 16.0 Å². The van der Waals surface area contributed by atoms with Gasteiger partial charge >= 0.3 is 0 Å². The van der Waals surface area contributed by atoms with Gasteiger partial charge in [-0.1, -0.05) is 17.8 Å². The van der Waals surface area contributed by atoms with Gasteiger partial charge in [0.15, 0.2) is 17.4 Å². The number of amidine groups is 1. The van der Waals surface area contributed by atoms with E-state index in [-0.39, 0.29) is 23.9 Å². The van der Waals surface area contributed by atoms with Crippen LogP contribution in [0.4, 0.5) is 0 Å². The van der Waals surface area contributed by atoms with E-state index in [0.717, 1.165) is 37.2 Å². The van der Waals surface area contributed by atoms with Crippen LogP contribution >= 0.6 is 23.1 Å². The molecule has 12 heteroatoms. The average Bonchev–Trinajstić information content (AvgIpc) is 3.65. The molecule has 4 heterocycles. The minimum Gasteiger partial charge on any atom is -0.380 e. The Labute approximate surface area is 212 Å². The van der Waals surface area contributed by atoms with E-state index in [1.165, 1.54) is 16.7 Å². The molecule has 4 atom stereocenters. The number of thioether (sulfide) groups is 1. The molecule has 4 rings (SSSR count). The van der Waals surface area contributed by atoms with Crippen LogP contribution in [0.2, 0.25) is 0 Å². The lowest BCUT2D eigenvalue weighted by atomic mass is 9.97. The third kappa shape index (κ3) is 6.62. The van der Waals surface area contributed by atoms with Gasteiger partial charge < -0.3 is 31.1 Å². The first kappa shape index (κ1) is 26.1. The van der Waals surface area contributed by atoms with Gasteiger partial charge in [0.25, 0.3) is 11.8 Å². The van der Waals surface area contributed by atoms with E-state index in [0.29, 0.717) is 36.9 Å². The lowest BCUT2D eigenvalue weighted by Gasteiger charge is -2.30. The third-order valence-electron chi connectivity index (χ3n) is 6.71. The predicted molar refractivity (Wildman–Crippen MR) is 135 cm³/mol. The van der Waals surface area contributed by atoms with E-state index >= 15 is 0 Å². The van der Waals surface area contributed by atoms with Crippen LogP contribution in [-0.4, -0.2) is 94.2 Å². The smallest absolute Gasteiger partial charge is 0.255 e. The number of hydrogen-bond acceptors (Lipinski definition) is 9. The van der Waals surface area contributed by atoms with Crippen molar-refractivity contribution >= 4 is 46.0 Å². The number of likely N-dealkylation sites (tertiary alicyclic amines) is 1. The Hall–Kier alpha value is -1.99. The summed E-state index contributed by atoms with van der Waals surface area (Å²) < 4.78 is 0. The second kappa shape index (κ2) is 12.3. The highest BCUT2D eigenvalue weighted by molar-refractivity contribution is 8.14. The summed E-state index contributed by atoms with van der Waals surface area (Å²) in [6.07, 6.45) is 0.0102. The fourth-order valence-electron chi connectivity index (χ4n) is 4.73. The number of amides is 3. The molecule has 3 aliphatic rings. The van der Waals surface area contributed by atoms with Crippen LogP contribution in [-0.2, 0) is 20.8 Å². The van der Waals surface area contributed by atoms with Crippen LogP contribution in [0.1, 0.15) is 30.6 Å². The van der Waals surface area contributed by atoms with Crippen LogP contribution in [0, 0.1) is 5.92 Å². The maximum atomic E-state index is 13.0. The number of carbonyl (C=O) groups excluding carboxylic acids is 3. The van der Waals surface area contributed by atoms with Crippen molar-refractivity contribution in [3.8, 4) is 0 Å². The monoisotopic (exact) mass is 523 g/mol. The molecule has 0 spiro atoms. The van der Waals surface area contributed by atoms with Gasteiger partial charge in [-0.3, -0.25) is 19.4 Å². The number of thiophene rings is 1. The van der Waals surface area contributed by atoms with E-state index in [1.54, 1.807) is 11.3 Å². The average molecular weight is 524 g/mol. The van der Waals surface area contributed by atoms with E-state index in [1.807, 2.05) is 17.5 Å². The molecule has 0 aromatic carbocycles. The van der Waals surface area contributed by atoms with Crippen molar-refractivity contribution in [3.05, 3.63) is 22.4 Å². The van der Waals surface area contributed by atoms with Gasteiger partial charge in [-0.05, 0) is 56.6 Å². The maximum Gasteiger partial charge on any atom is 0.255 e. The summed E-state index contributed by atoms with van der Waals surface area (Å²) in [5, 5.41) is 32.1. The van der Waals surface area contributed by atoms with Crippen molar-refractivity contribution < 1.29 is 24.6 Å². The fourth-order valence-corrected chi connectivity index (χ4v) is 6.45. The van der Waals surface area contributed by atoms with Gasteiger partial charge in [0.1, 0.15) is 0 Å². The van der Waals surface area contributed by atoms with Crippen molar-refractivity contribution in [3.63, 3.8) is 0 Å². The zero-order valence-corrected chi connectivity index (χ0v) is 21.2. The Morgan fingerprint density at radius 3 is 2.74 bits per heavy atom. The normalized spacial score (nSPS) is 24.6. The van der Waals surface area contributed by atoms with Crippen molar-refractivity contribution in [1.82, 2.24) is 20.9 Å². The summed E-state index contributed by atoms with van der Waals surface area (Å²) in [4.78, 5) is 45.1. The Balaban J connectivity index is 1.28. The van der Waals surface area contributed by atoms with E-state index < -0.39 is 24.0 Å². The maximum absolute atomic E-state index is 13.0. The molecule has 0 saturated carbocycles. The second-order valence-corrected chi connectivity index (χ2v) is 11.1. The number of nitrogens with one attached hydrogen (secondary N) is 3. The predicted octanol–water partition coefficient (Wildman–Crippen LogP) is -0.293. The quantitative estimate of drug-likeness (QED) is 0.315.